The third kappa shape index (κ3) is 8.11. The highest BCUT2D eigenvalue weighted by molar-refractivity contribution is 5.93. The van der Waals surface area contributed by atoms with E-state index in [1.807, 2.05) is 42.5 Å². The van der Waals surface area contributed by atoms with E-state index >= 15 is 0 Å². The lowest BCUT2D eigenvalue weighted by molar-refractivity contribution is 0.513. The summed E-state index contributed by atoms with van der Waals surface area (Å²) in [5.41, 5.74) is 14.3. The zero-order valence-corrected chi connectivity index (χ0v) is 31.4. The molecule has 0 bridgehead atoms. The molecule has 0 saturated carbocycles. The Morgan fingerprint density at radius 2 is 1.04 bits per heavy atom. The number of ether oxygens (including phenoxy) is 1. The summed E-state index contributed by atoms with van der Waals surface area (Å²) in [6.07, 6.45) is 14.7. The predicted molar refractivity (Wildman–Crippen MR) is 239 cm³/mol. The zero-order valence-electron chi connectivity index (χ0n) is 31.4. The van der Waals surface area contributed by atoms with Gasteiger partial charge < -0.3 is 4.74 Å². The predicted octanol–water partition coefficient (Wildman–Crippen LogP) is 14.3. The molecule has 0 unspecified atom stereocenters. The molecule has 2 heteroatoms. The summed E-state index contributed by atoms with van der Waals surface area (Å²) in [5, 5.41) is 0. The summed E-state index contributed by atoms with van der Waals surface area (Å²) in [5.74, 6) is 1.57. The molecule has 1 aliphatic heterocycles. The van der Waals surface area contributed by atoms with Gasteiger partial charge in [0, 0.05) is 41.5 Å². The second-order valence-electron chi connectivity index (χ2n) is 13.6. The Balaban J connectivity index is 1.22. The molecular formula is C54H42NO+. The number of para-hydroxylation sites is 1. The molecule has 0 aliphatic carbocycles. The Morgan fingerprint density at radius 3 is 1.61 bits per heavy atom. The molecule has 0 atom stereocenters. The zero-order chi connectivity index (χ0) is 38.1. The van der Waals surface area contributed by atoms with E-state index in [1.165, 1.54) is 33.4 Å². The fourth-order valence-corrected chi connectivity index (χ4v) is 6.99. The van der Waals surface area contributed by atoms with Gasteiger partial charge in [0.2, 0.25) is 11.4 Å². The lowest BCUT2D eigenvalue weighted by atomic mass is 9.93. The first-order chi connectivity index (χ1) is 27.6. The van der Waals surface area contributed by atoms with Crippen molar-refractivity contribution in [2.24, 2.45) is 0 Å². The van der Waals surface area contributed by atoms with Crippen LogP contribution < -0.4 is 9.31 Å². The maximum absolute atomic E-state index is 6.48. The van der Waals surface area contributed by atoms with E-state index in [0.29, 0.717) is 0 Å². The summed E-state index contributed by atoms with van der Waals surface area (Å²) in [4.78, 5) is 0. The molecule has 0 N–H and O–H groups in total. The summed E-state index contributed by atoms with van der Waals surface area (Å²) < 4.78 is 8.73. The normalized spacial score (nSPS) is 14.6. The molecule has 268 valence electrons. The maximum Gasteiger partial charge on any atom is 0.211 e. The van der Waals surface area contributed by atoms with Crippen LogP contribution in [0.1, 0.15) is 23.6 Å². The van der Waals surface area contributed by atoms with E-state index in [-0.39, 0.29) is 0 Å². The fraction of sp³-hybridized carbons (Fsp3) is 0.0185. The monoisotopic (exact) mass is 720 g/mol. The molecular weight excluding hydrogens is 679 g/mol. The van der Waals surface area contributed by atoms with Crippen molar-refractivity contribution in [1.82, 2.24) is 4.58 Å². The quantitative estimate of drug-likeness (QED) is 0.0821. The average molecular weight is 721 g/mol. The van der Waals surface area contributed by atoms with E-state index in [4.69, 9.17) is 4.74 Å². The van der Waals surface area contributed by atoms with Gasteiger partial charge in [-0.1, -0.05) is 140 Å². The molecule has 1 heterocycles. The lowest BCUT2D eigenvalue weighted by Crippen LogP contribution is -2.05. The Kier molecular flexibility index (Phi) is 10.7. The number of nitrogens with zero attached hydrogens (tertiary/aromatic N) is 1. The van der Waals surface area contributed by atoms with Crippen LogP contribution in [0.2, 0.25) is 0 Å². The topological polar surface area (TPSA) is 12.2 Å². The molecule has 0 fully saturated rings. The van der Waals surface area contributed by atoms with Gasteiger partial charge in [0.15, 0.2) is 6.21 Å². The van der Waals surface area contributed by atoms with Crippen LogP contribution in [0.25, 0.3) is 50.3 Å². The first-order valence-electron chi connectivity index (χ1n) is 19.0. The van der Waals surface area contributed by atoms with Gasteiger partial charge in [0.05, 0.1) is 0 Å². The fourth-order valence-electron chi connectivity index (χ4n) is 6.99. The van der Waals surface area contributed by atoms with Crippen molar-refractivity contribution >= 4 is 34.5 Å². The third-order valence-electron chi connectivity index (χ3n) is 9.91. The Labute approximate surface area is 330 Å². The summed E-state index contributed by atoms with van der Waals surface area (Å²) in [7, 11) is 0. The van der Waals surface area contributed by atoms with Gasteiger partial charge in [0.25, 0.3) is 0 Å². The van der Waals surface area contributed by atoms with Crippen LogP contribution >= 0.6 is 0 Å². The van der Waals surface area contributed by atoms with Gasteiger partial charge in [-0.3, -0.25) is 0 Å². The molecule has 0 aromatic heterocycles. The van der Waals surface area contributed by atoms with Gasteiger partial charge in [-0.05, 0) is 112 Å². The van der Waals surface area contributed by atoms with Crippen molar-refractivity contribution in [3.8, 4) is 39.1 Å². The first kappa shape index (κ1) is 35.7. The molecule has 0 spiro atoms. The van der Waals surface area contributed by atoms with E-state index in [0.717, 1.165) is 50.7 Å². The molecule has 56 heavy (non-hydrogen) atoms. The van der Waals surface area contributed by atoms with E-state index in [9.17, 15) is 0 Å². The van der Waals surface area contributed by atoms with Gasteiger partial charge in [-0.2, -0.15) is 4.58 Å². The van der Waals surface area contributed by atoms with Crippen LogP contribution in [0.15, 0.2) is 225 Å². The number of hydrogen-bond acceptors (Lipinski definition) is 1. The van der Waals surface area contributed by atoms with Crippen molar-refractivity contribution in [1.29, 1.82) is 0 Å². The Bertz CT molecular complexity index is 2570. The van der Waals surface area contributed by atoms with Gasteiger partial charge in [-0.15, -0.1) is 0 Å². The molecule has 1 aliphatic rings. The number of allylic oxidation sites excluding steroid dienone is 8. The maximum atomic E-state index is 6.48. The van der Waals surface area contributed by atoms with Crippen LogP contribution in [0, 0.1) is 0 Å². The van der Waals surface area contributed by atoms with Crippen LogP contribution in [0.5, 0.6) is 5.75 Å². The van der Waals surface area contributed by atoms with E-state index in [2.05, 4.69) is 200 Å². The summed E-state index contributed by atoms with van der Waals surface area (Å²) in [6, 6.07) is 63.9. The minimum Gasteiger partial charge on any atom is -0.456 e. The smallest absolute Gasteiger partial charge is 0.211 e. The second kappa shape index (κ2) is 16.8. The molecule has 2 nitrogen and oxygen atoms in total. The van der Waals surface area contributed by atoms with Gasteiger partial charge in [0.1, 0.15) is 11.5 Å². The van der Waals surface area contributed by atoms with E-state index < -0.39 is 0 Å². The molecule has 0 saturated heterocycles. The molecule has 7 aromatic rings. The highest BCUT2D eigenvalue weighted by atomic mass is 16.5. The standard InChI is InChI=1S/C54H42NO/c1-3-16-41(47-37-48(43-20-9-5-10-21-43)39-49(38-47)44-22-11-6-12-23-44)35-36-55(50-31-27-45(28-32-50)42-18-7-4-8-19-42)51-33-29-46(30-34-51)53-26-15-17-40(2)52-24-13-14-25-54(52)56-53/h3-39H,2H2,1H3/q+1/b16-3-,17-15-,41-35+,53-26-,55-36?. The third-order valence-corrected chi connectivity index (χ3v) is 9.91. The second-order valence-corrected chi connectivity index (χ2v) is 13.6. The first-order valence-corrected chi connectivity index (χ1v) is 19.0. The average Bonchev–Trinajstić information content (AvgIpc) is 3.26. The number of rotatable bonds is 9. The molecule has 0 amide bonds. The van der Waals surface area contributed by atoms with Crippen LogP contribution in [-0.4, -0.2) is 6.21 Å². The molecule has 0 radical (unpaired) electrons. The highest BCUT2D eigenvalue weighted by Crippen LogP contribution is 2.34. The minimum atomic E-state index is 0.776. The van der Waals surface area contributed by atoms with Crippen LogP contribution in [0.4, 0.5) is 11.4 Å². The number of fused-ring (bicyclic) bond motifs is 1. The summed E-state index contributed by atoms with van der Waals surface area (Å²) in [6.45, 7) is 6.29. The Hall–Kier alpha value is -7.29. The largest absolute Gasteiger partial charge is 0.456 e. The van der Waals surface area contributed by atoms with Crippen molar-refractivity contribution in [3.05, 3.63) is 242 Å². The molecule has 8 rings (SSSR count). The van der Waals surface area contributed by atoms with Crippen molar-refractivity contribution < 1.29 is 4.74 Å². The molecule has 7 aromatic carbocycles. The lowest BCUT2D eigenvalue weighted by Gasteiger charge is -2.16. The number of benzene rings is 7. The van der Waals surface area contributed by atoms with Crippen LogP contribution in [-0.2, 0) is 0 Å². The Morgan fingerprint density at radius 1 is 0.536 bits per heavy atom. The number of hydrogen-bond donors (Lipinski definition) is 0. The van der Waals surface area contributed by atoms with Crippen LogP contribution in [0.3, 0.4) is 0 Å². The van der Waals surface area contributed by atoms with Gasteiger partial charge in [-0.25, -0.2) is 0 Å². The SMILES string of the molecule is C=C1/C=C\C=C(\c2ccc([N+](=C/C=C(\C=C/C)c3cc(-c4ccccc4)cc(-c4ccccc4)c3)c3ccc(-c4ccccc4)cc3)cc2)Oc2ccccc21. The minimum absolute atomic E-state index is 0.776. The van der Waals surface area contributed by atoms with Crippen molar-refractivity contribution in [2.75, 3.05) is 0 Å². The van der Waals surface area contributed by atoms with Crippen molar-refractivity contribution in [2.45, 2.75) is 6.92 Å². The van der Waals surface area contributed by atoms with Gasteiger partial charge >= 0.3 is 0 Å². The summed E-state index contributed by atoms with van der Waals surface area (Å²) >= 11 is 0. The van der Waals surface area contributed by atoms with E-state index in [1.54, 1.807) is 0 Å². The van der Waals surface area contributed by atoms with Crippen molar-refractivity contribution in [3.63, 3.8) is 0 Å². The highest BCUT2D eigenvalue weighted by Gasteiger charge is 2.17.